The van der Waals surface area contributed by atoms with Crippen LogP contribution < -0.4 is 4.90 Å². The largest absolute Gasteiger partial charge is 0.332 e. The Kier molecular flexibility index (Phi) is 4.85. The molecule has 3 aromatic rings. The molecule has 26 heavy (non-hydrogen) atoms. The fourth-order valence-corrected chi connectivity index (χ4v) is 2.73. The minimum absolute atomic E-state index is 0.0499. The lowest BCUT2D eigenvalue weighted by Gasteiger charge is -2.31. The monoisotopic (exact) mass is 345 g/mol. The third-order valence-electron chi connectivity index (χ3n) is 4.07. The molecule has 3 rings (SSSR count). The first-order chi connectivity index (χ1) is 12.6. The molecule has 1 aromatic heterocycles. The van der Waals surface area contributed by atoms with Gasteiger partial charge in [-0.2, -0.15) is 5.26 Å². The third kappa shape index (κ3) is 3.49. The van der Waals surface area contributed by atoms with E-state index in [4.69, 9.17) is 5.26 Å². The number of anilines is 2. The molecule has 0 fully saturated rings. The van der Waals surface area contributed by atoms with E-state index < -0.39 is 4.92 Å². The van der Waals surface area contributed by atoms with Crippen molar-refractivity contribution >= 4 is 17.1 Å². The van der Waals surface area contributed by atoms with E-state index in [1.54, 1.807) is 36.7 Å². The van der Waals surface area contributed by atoms with Crippen molar-refractivity contribution in [3.63, 3.8) is 0 Å². The molecule has 1 heterocycles. The number of benzene rings is 2. The van der Waals surface area contributed by atoms with E-state index in [1.807, 2.05) is 24.0 Å². The molecule has 0 saturated heterocycles. The van der Waals surface area contributed by atoms with Gasteiger partial charge in [-0.05, 0) is 36.8 Å². The van der Waals surface area contributed by atoms with Crippen LogP contribution in [-0.4, -0.2) is 14.9 Å². The van der Waals surface area contributed by atoms with Gasteiger partial charge in [0.25, 0.3) is 5.69 Å². The normalized spacial score (nSPS) is 11.4. The van der Waals surface area contributed by atoms with Crippen molar-refractivity contribution in [1.29, 1.82) is 5.26 Å². The van der Waals surface area contributed by atoms with Crippen LogP contribution in [0.5, 0.6) is 0 Å². The molecule has 0 aliphatic heterocycles. The van der Waals surface area contributed by atoms with Crippen LogP contribution in [-0.2, 0) is 0 Å². The van der Waals surface area contributed by atoms with Gasteiger partial charge in [0.1, 0.15) is 6.33 Å². The Morgan fingerprint density at radius 2 is 1.65 bits per heavy atom. The standard InChI is InChI=1S/C19H15N5O2/c1-14(16-4-8-18(9-5-16)24(25)26)23(19-11-21-13-22-12-19)17-6-2-15(10-20)3-7-17/h2-9,11-14H,1H3. The van der Waals surface area contributed by atoms with Gasteiger partial charge in [0.2, 0.25) is 0 Å². The highest BCUT2D eigenvalue weighted by Gasteiger charge is 2.20. The molecule has 0 saturated carbocycles. The van der Waals surface area contributed by atoms with Gasteiger partial charge in [0.05, 0.1) is 40.7 Å². The Morgan fingerprint density at radius 1 is 1.04 bits per heavy atom. The van der Waals surface area contributed by atoms with E-state index >= 15 is 0 Å². The van der Waals surface area contributed by atoms with Gasteiger partial charge < -0.3 is 4.90 Å². The molecule has 2 aromatic carbocycles. The van der Waals surface area contributed by atoms with Gasteiger partial charge in [0.15, 0.2) is 0 Å². The maximum Gasteiger partial charge on any atom is 0.269 e. The minimum atomic E-state index is -0.419. The van der Waals surface area contributed by atoms with E-state index in [0.29, 0.717) is 5.56 Å². The minimum Gasteiger partial charge on any atom is -0.332 e. The predicted octanol–water partition coefficient (Wildman–Crippen LogP) is 4.16. The van der Waals surface area contributed by atoms with Crippen molar-refractivity contribution in [2.24, 2.45) is 0 Å². The molecular formula is C19H15N5O2. The molecule has 0 N–H and O–H groups in total. The van der Waals surface area contributed by atoms with Crippen LogP contribution in [0.2, 0.25) is 0 Å². The molecule has 1 atom stereocenters. The van der Waals surface area contributed by atoms with E-state index in [1.165, 1.54) is 18.5 Å². The van der Waals surface area contributed by atoms with Crippen molar-refractivity contribution < 1.29 is 4.92 Å². The number of hydrogen-bond donors (Lipinski definition) is 0. The summed E-state index contributed by atoms with van der Waals surface area (Å²) in [7, 11) is 0. The first kappa shape index (κ1) is 17.0. The maximum atomic E-state index is 10.9. The summed E-state index contributed by atoms with van der Waals surface area (Å²) < 4.78 is 0. The Morgan fingerprint density at radius 3 is 2.19 bits per heavy atom. The lowest BCUT2D eigenvalue weighted by atomic mass is 10.0. The van der Waals surface area contributed by atoms with Crippen LogP contribution in [0.4, 0.5) is 17.1 Å². The summed E-state index contributed by atoms with van der Waals surface area (Å²) in [5.74, 6) is 0. The van der Waals surface area contributed by atoms with Crippen LogP contribution in [0.25, 0.3) is 0 Å². The SMILES string of the molecule is CC(c1ccc([N+](=O)[O-])cc1)N(c1ccc(C#N)cc1)c1cncnc1. The fourth-order valence-electron chi connectivity index (χ4n) is 2.73. The molecule has 0 amide bonds. The predicted molar refractivity (Wildman–Crippen MR) is 96.8 cm³/mol. The number of nitro groups is 1. The number of nitro benzene ring substituents is 1. The van der Waals surface area contributed by atoms with Crippen LogP contribution in [0.15, 0.2) is 67.3 Å². The zero-order chi connectivity index (χ0) is 18.5. The lowest BCUT2D eigenvalue weighted by molar-refractivity contribution is -0.384. The summed E-state index contributed by atoms with van der Waals surface area (Å²) in [5.41, 5.74) is 3.17. The summed E-state index contributed by atoms with van der Waals surface area (Å²) in [6.45, 7) is 1.99. The van der Waals surface area contributed by atoms with Crippen molar-refractivity contribution in [2.75, 3.05) is 4.90 Å². The zero-order valence-corrected chi connectivity index (χ0v) is 14.0. The van der Waals surface area contributed by atoms with Crippen LogP contribution >= 0.6 is 0 Å². The number of rotatable bonds is 5. The molecular weight excluding hydrogens is 330 g/mol. The molecule has 0 aliphatic rings. The molecule has 7 nitrogen and oxygen atoms in total. The zero-order valence-electron chi connectivity index (χ0n) is 14.0. The molecule has 0 spiro atoms. The van der Waals surface area contributed by atoms with E-state index in [9.17, 15) is 10.1 Å². The van der Waals surface area contributed by atoms with Gasteiger partial charge in [-0.15, -0.1) is 0 Å². The average molecular weight is 345 g/mol. The molecule has 0 aliphatic carbocycles. The van der Waals surface area contributed by atoms with Crippen LogP contribution in [0.3, 0.4) is 0 Å². The second kappa shape index (κ2) is 7.40. The molecule has 0 radical (unpaired) electrons. The number of nitriles is 1. The molecule has 1 unspecified atom stereocenters. The maximum absolute atomic E-state index is 10.9. The van der Waals surface area contributed by atoms with E-state index in [0.717, 1.165) is 16.9 Å². The van der Waals surface area contributed by atoms with Crippen molar-refractivity contribution in [2.45, 2.75) is 13.0 Å². The number of hydrogen-bond acceptors (Lipinski definition) is 6. The Labute approximate surface area is 150 Å². The van der Waals surface area contributed by atoms with E-state index in [-0.39, 0.29) is 11.7 Å². The number of aromatic nitrogens is 2. The molecule has 0 bridgehead atoms. The highest BCUT2D eigenvalue weighted by Crippen LogP contribution is 2.34. The second-order valence-electron chi connectivity index (χ2n) is 5.65. The highest BCUT2D eigenvalue weighted by molar-refractivity contribution is 5.64. The van der Waals surface area contributed by atoms with Gasteiger partial charge in [-0.1, -0.05) is 12.1 Å². The average Bonchev–Trinajstić information content (AvgIpc) is 2.69. The first-order valence-electron chi connectivity index (χ1n) is 7.89. The second-order valence-corrected chi connectivity index (χ2v) is 5.65. The van der Waals surface area contributed by atoms with Gasteiger partial charge in [0, 0.05) is 17.8 Å². The molecule has 128 valence electrons. The topological polar surface area (TPSA) is 96.0 Å². The molecule has 7 heteroatoms. The van der Waals surface area contributed by atoms with Crippen molar-refractivity contribution in [3.8, 4) is 6.07 Å². The fraction of sp³-hybridized carbons (Fsp3) is 0.105. The Bertz CT molecular complexity index is 934. The Balaban J connectivity index is 2.02. The summed E-state index contributed by atoms with van der Waals surface area (Å²) in [5, 5.41) is 19.9. The van der Waals surface area contributed by atoms with Crippen LogP contribution in [0, 0.1) is 21.4 Å². The summed E-state index contributed by atoms with van der Waals surface area (Å²) in [6.07, 6.45) is 4.86. The van der Waals surface area contributed by atoms with Crippen molar-refractivity contribution in [3.05, 3.63) is 88.5 Å². The van der Waals surface area contributed by atoms with Crippen LogP contribution in [0.1, 0.15) is 24.1 Å². The lowest BCUT2D eigenvalue weighted by Crippen LogP contribution is -2.21. The number of nitrogens with zero attached hydrogens (tertiary/aromatic N) is 5. The third-order valence-corrected chi connectivity index (χ3v) is 4.07. The van der Waals surface area contributed by atoms with E-state index in [2.05, 4.69) is 16.0 Å². The van der Waals surface area contributed by atoms with Gasteiger partial charge in [-0.25, -0.2) is 9.97 Å². The summed E-state index contributed by atoms with van der Waals surface area (Å²) in [4.78, 5) is 20.6. The first-order valence-corrected chi connectivity index (χ1v) is 7.89. The summed E-state index contributed by atoms with van der Waals surface area (Å²) >= 11 is 0. The summed E-state index contributed by atoms with van der Waals surface area (Å²) in [6, 6.07) is 15.6. The Hall–Kier alpha value is -3.79. The number of non-ortho nitro benzene ring substituents is 1. The van der Waals surface area contributed by atoms with Gasteiger partial charge in [-0.3, -0.25) is 10.1 Å². The van der Waals surface area contributed by atoms with Gasteiger partial charge >= 0.3 is 0 Å². The van der Waals surface area contributed by atoms with Crippen molar-refractivity contribution in [1.82, 2.24) is 9.97 Å². The quantitative estimate of drug-likeness (QED) is 0.509. The smallest absolute Gasteiger partial charge is 0.269 e. The highest BCUT2D eigenvalue weighted by atomic mass is 16.6.